The second-order valence-corrected chi connectivity index (χ2v) is 9.28. The van der Waals surface area contributed by atoms with Crippen molar-refractivity contribution in [2.45, 2.75) is 30.6 Å². The van der Waals surface area contributed by atoms with Gasteiger partial charge in [-0.3, -0.25) is 19.3 Å². The number of carboxylic acids is 1. The summed E-state index contributed by atoms with van der Waals surface area (Å²) in [7, 11) is 2.82. The van der Waals surface area contributed by atoms with Crippen LogP contribution in [-0.4, -0.2) is 90.8 Å². The Labute approximate surface area is 198 Å². The molecule has 1 amide bonds. The molecule has 12 nitrogen and oxygen atoms in total. The van der Waals surface area contributed by atoms with E-state index in [-0.39, 0.29) is 11.1 Å². The summed E-state index contributed by atoms with van der Waals surface area (Å²) in [6, 6.07) is 0.989. The Morgan fingerprint density at radius 1 is 1.11 bits per heavy atom. The lowest BCUT2D eigenvalue weighted by molar-refractivity contribution is -0.169. The van der Waals surface area contributed by atoms with Gasteiger partial charge in [0.05, 0.1) is 23.6 Å². The fourth-order valence-electron chi connectivity index (χ4n) is 5.79. The second kappa shape index (κ2) is 7.63. The first-order chi connectivity index (χ1) is 16.2. The number of likely N-dealkylation sites (N-methyl/N-ethyl adjacent to an activating group) is 1. The number of aliphatic hydroxyl groups is 4. The molecule has 0 heterocycles. The number of aliphatic hydroxyl groups excluding tert-OH is 3. The monoisotopic (exact) mass is 488 g/mol. The molecular formula is C23H24N2O10. The van der Waals surface area contributed by atoms with Gasteiger partial charge in [0.25, 0.3) is 5.91 Å². The van der Waals surface area contributed by atoms with E-state index in [4.69, 9.17) is 5.73 Å². The second-order valence-electron chi connectivity index (χ2n) is 9.28. The molecule has 186 valence electrons. The zero-order valence-corrected chi connectivity index (χ0v) is 18.9. The third-order valence-electron chi connectivity index (χ3n) is 7.36. The van der Waals surface area contributed by atoms with Crippen molar-refractivity contribution >= 4 is 29.2 Å². The van der Waals surface area contributed by atoms with Crippen molar-refractivity contribution in [3.63, 3.8) is 0 Å². The predicted molar refractivity (Wildman–Crippen MR) is 117 cm³/mol. The molecule has 1 aromatic carbocycles. The Bertz CT molecular complexity index is 1280. The van der Waals surface area contributed by atoms with Gasteiger partial charge in [0, 0.05) is 11.5 Å². The number of Topliss-reactive ketones (excluding diaryl/α,β-unsaturated/α-hetero) is 2. The maximum absolute atomic E-state index is 13.8. The van der Waals surface area contributed by atoms with E-state index in [2.05, 4.69) is 0 Å². The van der Waals surface area contributed by atoms with E-state index < -0.39 is 92.9 Å². The number of fused-ring (bicyclic) bond motifs is 3. The van der Waals surface area contributed by atoms with Gasteiger partial charge in [0.1, 0.15) is 28.4 Å². The van der Waals surface area contributed by atoms with Gasteiger partial charge >= 0.3 is 5.97 Å². The fraction of sp³-hybridized carbons (Fsp3) is 0.391. The van der Waals surface area contributed by atoms with Crippen molar-refractivity contribution in [2.75, 3.05) is 14.1 Å². The van der Waals surface area contributed by atoms with E-state index in [9.17, 15) is 49.8 Å². The molecule has 0 spiro atoms. The van der Waals surface area contributed by atoms with Gasteiger partial charge in [-0.25, -0.2) is 4.79 Å². The molecule has 1 fully saturated rings. The summed E-state index contributed by atoms with van der Waals surface area (Å²) < 4.78 is 0. The number of phenols is 1. The fourth-order valence-corrected chi connectivity index (χ4v) is 5.79. The van der Waals surface area contributed by atoms with Gasteiger partial charge in [-0.15, -0.1) is 0 Å². The SMILES string of the molecule is CC1c2ccc(C(=O)O)c(O)c2C(O)=C2C(=O)C3(O)C(O)=C(C(N)=O)C(=O)C(N(C)C)C3C(O)C21. The van der Waals surface area contributed by atoms with Gasteiger partial charge < -0.3 is 36.4 Å². The van der Waals surface area contributed by atoms with Crippen LogP contribution in [-0.2, 0) is 14.4 Å². The van der Waals surface area contributed by atoms with Crippen LogP contribution in [0.4, 0.5) is 0 Å². The highest BCUT2D eigenvalue weighted by molar-refractivity contribution is 6.24. The summed E-state index contributed by atoms with van der Waals surface area (Å²) in [5.74, 6) is -12.0. The molecule has 6 atom stereocenters. The number of amides is 1. The zero-order chi connectivity index (χ0) is 26.3. The number of ketones is 2. The average molecular weight is 488 g/mol. The molecule has 35 heavy (non-hydrogen) atoms. The van der Waals surface area contributed by atoms with Crippen molar-refractivity contribution in [1.82, 2.24) is 4.90 Å². The normalized spacial score (nSPS) is 32.3. The summed E-state index contributed by atoms with van der Waals surface area (Å²) >= 11 is 0. The molecular weight excluding hydrogens is 464 g/mol. The number of nitrogens with zero attached hydrogens (tertiary/aromatic N) is 1. The zero-order valence-electron chi connectivity index (χ0n) is 18.9. The third kappa shape index (κ3) is 2.90. The maximum atomic E-state index is 13.8. The number of rotatable bonds is 3. The van der Waals surface area contributed by atoms with Crippen LogP contribution in [0.15, 0.2) is 29.0 Å². The minimum Gasteiger partial charge on any atom is -0.508 e. The van der Waals surface area contributed by atoms with Crippen molar-refractivity contribution in [2.24, 2.45) is 17.6 Å². The third-order valence-corrected chi connectivity index (χ3v) is 7.36. The van der Waals surface area contributed by atoms with Gasteiger partial charge in [-0.1, -0.05) is 13.0 Å². The Balaban J connectivity index is 2.07. The summed E-state index contributed by atoms with van der Waals surface area (Å²) in [4.78, 5) is 51.6. The summed E-state index contributed by atoms with van der Waals surface area (Å²) in [6.07, 6.45) is -1.72. The lowest BCUT2D eigenvalue weighted by Crippen LogP contribution is -2.70. The number of hydrogen-bond donors (Lipinski definition) is 7. The molecule has 3 aliphatic rings. The van der Waals surface area contributed by atoms with E-state index in [0.717, 1.165) is 6.07 Å². The van der Waals surface area contributed by atoms with Gasteiger partial charge in [-0.05, 0) is 31.6 Å². The van der Waals surface area contributed by atoms with E-state index in [1.54, 1.807) is 6.92 Å². The van der Waals surface area contributed by atoms with Gasteiger partial charge in [0.15, 0.2) is 11.4 Å². The summed E-state index contributed by atoms with van der Waals surface area (Å²) in [5.41, 5.74) is -0.0870. The molecule has 0 radical (unpaired) electrons. The Hall–Kier alpha value is -3.74. The molecule has 0 aliphatic heterocycles. The number of hydrogen-bond acceptors (Lipinski definition) is 10. The van der Waals surface area contributed by atoms with Crippen LogP contribution < -0.4 is 5.73 Å². The van der Waals surface area contributed by atoms with Gasteiger partial charge in [0.2, 0.25) is 5.78 Å². The number of aromatic carboxylic acids is 1. The number of aromatic hydroxyl groups is 1. The highest BCUT2D eigenvalue weighted by Crippen LogP contribution is 2.56. The Kier molecular flexibility index (Phi) is 5.32. The number of carboxylic acid groups (broad SMARTS) is 1. The number of nitrogens with two attached hydrogens (primary N) is 1. The minimum absolute atomic E-state index is 0.220. The first kappa shape index (κ1) is 24.4. The van der Waals surface area contributed by atoms with Gasteiger partial charge in [-0.2, -0.15) is 0 Å². The van der Waals surface area contributed by atoms with E-state index in [0.29, 0.717) is 0 Å². The molecule has 8 N–H and O–H groups in total. The Morgan fingerprint density at radius 2 is 1.71 bits per heavy atom. The van der Waals surface area contributed by atoms with Crippen LogP contribution in [0.2, 0.25) is 0 Å². The first-order valence-corrected chi connectivity index (χ1v) is 10.6. The minimum atomic E-state index is -3.02. The van der Waals surface area contributed by atoms with Crippen LogP contribution in [0.25, 0.3) is 5.76 Å². The molecule has 1 saturated carbocycles. The number of benzene rings is 1. The maximum Gasteiger partial charge on any atom is 0.339 e. The predicted octanol–water partition coefficient (Wildman–Crippen LogP) is -0.806. The quantitative estimate of drug-likeness (QED) is 0.261. The molecule has 3 aliphatic carbocycles. The average Bonchev–Trinajstić information content (AvgIpc) is 2.75. The smallest absolute Gasteiger partial charge is 0.339 e. The van der Waals surface area contributed by atoms with Crippen LogP contribution in [0.1, 0.15) is 34.3 Å². The van der Waals surface area contributed by atoms with Crippen LogP contribution in [0.3, 0.4) is 0 Å². The molecule has 12 heteroatoms. The highest BCUT2D eigenvalue weighted by atomic mass is 16.4. The number of primary amides is 1. The van der Waals surface area contributed by atoms with E-state index >= 15 is 0 Å². The van der Waals surface area contributed by atoms with E-state index in [1.807, 2.05) is 0 Å². The van der Waals surface area contributed by atoms with Crippen molar-refractivity contribution in [3.05, 3.63) is 45.7 Å². The molecule has 0 aromatic heterocycles. The largest absolute Gasteiger partial charge is 0.508 e. The Morgan fingerprint density at radius 3 is 2.23 bits per heavy atom. The summed E-state index contributed by atoms with van der Waals surface area (Å²) in [5, 5.41) is 64.7. The molecule has 6 unspecified atom stereocenters. The van der Waals surface area contributed by atoms with E-state index in [1.165, 1.54) is 25.1 Å². The van der Waals surface area contributed by atoms with Crippen LogP contribution in [0.5, 0.6) is 5.75 Å². The molecule has 0 saturated heterocycles. The number of carbonyl (C=O) groups excluding carboxylic acids is 3. The van der Waals surface area contributed by atoms with Crippen LogP contribution >= 0.6 is 0 Å². The molecule has 4 rings (SSSR count). The van der Waals surface area contributed by atoms with Crippen molar-refractivity contribution < 1.29 is 49.8 Å². The molecule has 1 aromatic rings. The lowest BCUT2D eigenvalue weighted by Gasteiger charge is -2.53. The first-order valence-electron chi connectivity index (χ1n) is 10.6. The lowest BCUT2D eigenvalue weighted by atomic mass is 9.54. The highest BCUT2D eigenvalue weighted by Gasteiger charge is 2.68. The van der Waals surface area contributed by atoms with Crippen molar-refractivity contribution in [1.29, 1.82) is 0 Å². The topological polar surface area (TPSA) is 219 Å². The number of carbonyl (C=O) groups is 4. The molecule has 0 bridgehead atoms. The summed E-state index contributed by atoms with van der Waals surface area (Å²) in [6.45, 7) is 1.55. The standard InChI is InChI=1S/C23H24N2O10/c1-6-7-4-5-8(22(33)34)15(26)10(7)16(27)11-9(6)17(28)13-14(25(2)3)18(29)12(21(24)32)20(31)23(13,35)19(11)30/h4-6,9,13-14,17,26-28,31,35H,1-3H3,(H2,24,32)(H,33,34). The van der Waals surface area contributed by atoms with Crippen molar-refractivity contribution in [3.8, 4) is 5.75 Å². The van der Waals surface area contributed by atoms with Crippen LogP contribution in [0, 0.1) is 11.8 Å².